The number of carboxylic acid groups (broad SMARTS) is 1. The molecule has 3 N–H and O–H groups in total. The zero-order chi connectivity index (χ0) is 7.56. The van der Waals surface area contributed by atoms with Crippen LogP contribution >= 0.6 is 0 Å². The van der Waals surface area contributed by atoms with Crippen molar-refractivity contribution < 1.29 is 9.90 Å². The van der Waals surface area contributed by atoms with Crippen molar-refractivity contribution in [3.8, 4) is 0 Å². The van der Waals surface area contributed by atoms with Crippen LogP contribution in [0.1, 0.15) is 0 Å². The summed E-state index contributed by atoms with van der Waals surface area (Å²) in [5.74, 6) is 0. The molecule has 0 fully saturated rings. The van der Waals surface area contributed by atoms with E-state index in [4.69, 9.17) is 5.11 Å². The molecule has 0 bridgehead atoms. The van der Waals surface area contributed by atoms with Gasteiger partial charge in [-0.3, -0.25) is 4.79 Å². The molecule has 0 atom stereocenters. The molecular formula is C4H5N3O3. The summed E-state index contributed by atoms with van der Waals surface area (Å²) in [5, 5.41) is 10.3. The Hall–Kier alpha value is -1.72. The molecule has 1 aromatic heterocycles. The Labute approximate surface area is 55.0 Å². The zero-order valence-electron chi connectivity index (χ0n) is 4.87. The first-order valence-corrected chi connectivity index (χ1v) is 2.46. The summed E-state index contributed by atoms with van der Waals surface area (Å²) >= 11 is 0. The van der Waals surface area contributed by atoms with Crippen molar-refractivity contribution in [2.75, 3.05) is 5.43 Å². The lowest BCUT2D eigenvalue weighted by atomic mass is 10.7. The average molecular weight is 143 g/mol. The van der Waals surface area contributed by atoms with Crippen LogP contribution in [0, 0.1) is 0 Å². The number of nitrogens with one attached hydrogen (secondary N) is 2. The number of rotatable bonds is 1. The fourth-order valence-corrected chi connectivity index (χ4v) is 0.504. The second-order valence-corrected chi connectivity index (χ2v) is 1.58. The summed E-state index contributed by atoms with van der Waals surface area (Å²) in [6, 6.07) is 1.20. The molecule has 0 aromatic carbocycles. The van der Waals surface area contributed by atoms with Gasteiger partial charge in [0.25, 0.3) is 5.56 Å². The summed E-state index contributed by atoms with van der Waals surface area (Å²) in [7, 11) is 0. The molecular weight excluding hydrogens is 138 g/mol. The molecule has 0 radical (unpaired) electrons. The fraction of sp³-hybridized carbons (Fsp3) is 0. The van der Waals surface area contributed by atoms with E-state index in [0.717, 1.165) is 4.79 Å². The molecule has 0 aliphatic heterocycles. The van der Waals surface area contributed by atoms with Crippen molar-refractivity contribution in [1.29, 1.82) is 0 Å². The second-order valence-electron chi connectivity index (χ2n) is 1.58. The van der Waals surface area contributed by atoms with Crippen molar-refractivity contribution in [3.63, 3.8) is 0 Å². The van der Waals surface area contributed by atoms with Gasteiger partial charge in [0, 0.05) is 6.07 Å². The minimum Gasteiger partial charge on any atom is -0.464 e. The Bertz CT molecular complexity index is 286. The second kappa shape index (κ2) is 2.26. The molecule has 0 aliphatic carbocycles. The lowest BCUT2D eigenvalue weighted by Crippen LogP contribution is -2.22. The van der Waals surface area contributed by atoms with Crippen LogP contribution in [0.25, 0.3) is 0 Å². The van der Waals surface area contributed by atoms with E-state index in [1.54, 1.807) is 0 Å². The first kappa shape index (κ1) is 6.40. The van der Waals surface area contributed by atoms with E-state index in [-0.39, 0.29) is 5.56 Å². The summed E-state index contributed by atoms with van der Waals surface area (Å²) in [5.41, 5.74) is 1.55. The van der Waals surface area contributed by atoms with Crippen LogP contribution in [0.3, 0.4) is 0 Å². The smallest absolute Gasteiger partial charge is 0.425 e. The Balaban J connectivity index is 2.76. The van der Waals surface area contributed by atoms with E-state index in [1.807, 2.05) is 5.43 Å². The number of carbonyl (C=O) groups is 1. The summed E-state index contributed by atoms with van der Waals surface area (Å²) < 4.78 is 0. The molecule has 6 heteroatoms. The number of nitrogens with zero attached hydrogens (tertiary/aromatic N) is 1. The van der Waals surface area contributed by atoms with Gasteiger partial charge in [-0.2, -0.15) is 4.79 Å². The van der Waals surface area contributed by atoms with Crippen LogP contribution in [0.2, 0.25) is 0 Å². The van der Waals surface area contributed by atoms with Crippen LogP contribution in [0.5, 0.6) is 0 Å². The van der Waals surface area contributed by atoms with Crippen LogP contribution in [0.15, 0.2) is 17.1 Å². The van der Waals surface area contributed by atoms with Gasteiger partial charge >= 0.3 is 6.09 Å². The van der Waals surface area contributed by atoms with Crippen LogP contribution in [-0.2, 0) is 0 Å². The highest BCUT2D eigenvalue weighted by Crippen LogP contribution is 1.71. The van der Waals surface area contributed by atoms with Crippen molar-refractivity contribution in [1.82, 2.24) is 9.89 Å². The van der Waals surface area contributed by atoms with Crippen molar-refractivity contribution >= 4 is 6.09 Å². The van der Waals surface area contributed by atoms with Gasteiger partial charge in [-0.15, -0.1) is 0 Å². The minimum atomic E-state index is -1.23. The van der Waals surface area contributed by atoms with Crippen LogP contribution in [-0.4, -0.2) is 21.1 Å². The molecule has 0 saturated carbocycles. The Morgan fingerprint density at radius 2 is 2.50 bits per heavy atom. The zero-order valence-corrected chi connectivity index (χ0v) is 4.87. The Kier molecular flexibility index (Phi) is 1.44. The van der Waals surface area contributed by atoms with Crippen molar-refractivity contribution in [3.05, 3.63) is 22.6 Å². The van der Waals surface area contributed by atoms with E-state index < -0.39 is 6.09 Å². The highest BCUT2D eigenvalue weighted by Gasteiger charge is 1.93. The third kappa shape index (κ3) is 1.38. The molecule has 1 aromatic rings. The molecule has 0 saturated heterocycles. The highest BCUT2D eigenvalue weighted by molar-refractivity contribution is 5.72. The van der Waals surface area contributed by atoms with E-state index in [0.29, 0.717) is 0 Å². The molecule has 0 unspecified atom stereocenters. The lowest BCUT2D eigenvalue weighted by molar-refractivity contribution is 0.205. The maximum atomic E-state index is 10.4. The number of hydrogen-bond donors (Lipinski definition) is 3. The molecule has 54 valence electrons. The van der Waals surface area contributed by atoms with Gasteiger partial charge in [-0.25, -0.2) is 15.3 Å². The van der Waals surface area contributed by atoms with Gasteiger partial charge in [0.1, 0.15) is 0 Å². The van der Waals surface area contributed by atoms with E-state index in [2.05, 4.69) is 5.10 Å². The summed E-state index contributed by atoms with van der Waals surface area (Å²) in [4.78, 5) is 21.2. The van der Waals surface area contributed by atoms with Crippen LogP contribution < -0.4 is 11.0 Å². The Morgan fingerprint density at radius 3 is 2.90 bits per heavy atom. The van der Waals surface area contributed by atoms with Crippen molar-refractivity contribution in [2.24, 2.45) is 0 Å². The van der Waals surface area contributed by atoms with Crippen LogP contribution in [0.4, 0.5) is 4.79 Å². The largest absolute Gasteiger partial charge is 0.464 e. The standard InChI is InChI=1S/C4H5N3O3/c8-3-1-2-7(5-3)6-4(9)10/h1-2,6H,(H,5,8)(H,9,10). The summed E-state index contributed by atoms with van der Waals surface area (Å²) in [6.45, 7) is 0. The predicted octanol–water partition coefficient (Wildman–Crippen LogP) is -0.602. The van der Waals surface area contributed by atoms with Gasteiger partial charge in [-0.1, -0.05) is 0 Å². The molecule has 10 heavy (non-hydrogen) atoms. The number of hydrogen-bond acceptors (Lipinski definition) is 2. The quantitative estimate of drug-likeness (QED) is 0.490. The fourth-order valence-electron chi connectivity index (χ4n) is 0.504. The number of aromatic nitrogens is 2. The average Bonchev–Trinajstić information content (AvgIpc) is 2.13. The highest BCUT2D eigenvalue weighted by atomic mass is 16.4. The van der Waals surface area contributed by atoms with Gasteiger partial charge in [-0.05, 0) is 0 Å². The summed E-state index contributed by atoms with van der Waals surface area (Å²) in [6.07, 6.45) is 0.0445. The first-order chi connectivity index (χ1) is 4.68. The number of amides is 1. The maximum absolute atomic E-state index is 10.4. The number of H-pyrrole nitrogens is 1. The third-order valence-electron chi connectivity index (χ3n) is 0.822. The number of aromatic amines is 1. The molecule has 6 nitrogen and oxygen atoms in total. The normalized spacial score (nSPS) is 9.20. The lowest BCUT2D eigenvalue weighted by Gasteiger charge is -1.97. The SMILES string of the molecule is O=C(O)Nn1ccc(=O)[nH]1. The van der Waals surface area contributed by atoms with Gasteiger partial charge in [0.05, 0.1) is 6.20 Å². The minimum absolute atomic E-state index is 0.353. The third-order valence-corrected chi connectivity index (χ3v) is 0.822. The predicted molar refractivity (Wildman–Crippen MR) is 32.4 cm³/mol. The topological polar surface area (TPSA) is 87.1 Å². The van der Waals surface area contributed by atoms with E-state index in [9.17, 15) is 9.59 Å². The van der Waals surface area contributed by atoms with Gasteiger partial charge in [0.2, 0.25) is 0 Å². The van der Waals surface area contributed by atoms with Gasteiger partial charge < -0.3 is 5.11 Å². The molecule has 1 rings (SSSR count). The Morgan fingerprint density at radius 1 is 1.80 bits per heavy atom. The van der Waals surface area contributed by atoms with Crippen molar-refractivity contribution in [2.45, 2.75) is 0 Å². The molecule has 1 amide bonds. The van der Waals surface area contributed by atoms with E-state index >= 15 is 0 Å². The molecule has 0 aliphatic rings. The monoisotopic (exact) mass is 143 g/mol. The van der Waals surface area contributed by atoms with Gasteiger partial charge in [0.15, 0.2) is 0 Å². The maximum Gasteiger partial charge on any atom is 0.425 e. The van der Waals surface area contributed by atoms with E-state index in [1.165, 1.54) is 12.3 Å². The molecule has 0 spiro atoms. The first-order valence-electron chi connectivity index (χ1n) is 2.46. The molecule has 1 heterocycles.